The van der Waals surface area contributed by atoms with E-state index in [0.29, 0.717) is 0 Å². The van der Waals surface area contributed by atoms with Crippen molar-refractivity contribution in [3.05, 3.63) is 0 Å². The van der Waals surface area contributed by atoms with Crippen molar-refractivity contribution in [2.45, 2.75) is 110 Å². The van der Waals surface area contributed by atoms with Crippen molar-refractivity contribution in [2.75, 3.05) is 13.1 Å². The molecule has 2 aliphatic rings. The van der Waals surface area contributed by atoms with Crippen molar-refractivity contribution >= 4 is 0 Å². The van der Waals surface area contributed by atoms with Gasteiger partial charge in [0.2, 0.25) is 0 Å². The third kappa shape index (κ3) is 5.76. The molecule has 0 aromatic heterocycles. The molecule has 0 bridgehead atoms. The van der Waals surface area contributed by atoms with Crippen LogP contribution in [0, 0.1) is 22.7 Å². The van der Waals surface area contributed by atoms with Gasteiger partial charge in [-0.15, -0.1) is 0 Å². The molecule has 0 aromatic rings. The summed E-state index contributed by atoms with van der Waals surface area (Å²) in [6.07, 6.45) is 18.3. The molecule has 2 heteroatoms. The third-order valence-corrected chi connectivity index (χ3v) is 6.79. The van der Waals surface area contributed by atoms with Gasteiger partial charge in [0.15, 0.2) is 0 Å². The highest BCUT2D eigenvalue weighted by atomic mass is 15.2. The monoisotopic (exact) mass is 332 g/mol. The van der Waals surface area contributed by atoms with Crippen LogP contribution >= 0.6 is 0 Å². The van der Waals surface area contributed by atoms with Gasteiger partial charge in [0.05, 0.1) is 11.5 Å². The highest BCUT2D eigenvalue weighted by molar-refractivity contribution is 5.03. The number of hydrogen-bond acceptors (Lipinski definition) is 2. The standard InChI is InChI=1S/C22H40N2/c1-3-5-7-9-20-12-17-24(18-13-20)21-10-15-22(19-23,16-11-21)14-8-6-4-2/h20-21H,3-18H2,1-2H3. The molecule has 0 atom stereocenters. The molecule has 1 heterocycles. The Morgan fingerprint density at radius 3 is 2.12 bits per heavy atom. The molecule has 0 N–H and O–H groups in total. The molecule has 2 nitrogen and oxygen atoms in total. The summed E-state index contributed by atoms with van der Waals surface area (Å²) in [6.45, 7) is 7.19. The fourth-order valence-electron chi connectivity index (χ4n) is 4.94. The SMILES string of the molecule is CCCCCC1CCN(C2CCC(C#N)(CCCCC)CC2)CC1. The number of piperidine rings is 1. The minimum atomic E-state index is 0.0180. The maximum Gasteiger partial charge on any atom is 0.0689 e. The molecule has 0 amide bonds. The zero-order valence-corrected chi connectivity index (χ0v) is 16.4. The summed E-state index contributed by atoms with van der Waals surface area (Å²) in [7, 11) is 0. The van der Waals surface area contributed by atoms with Gasteiger partial charge >= 0.3 is 0 Å². The van der Waals surface area contributed by atoms with Crippen molar-refractivity contribution < 1.29 is 0 Å². The van der Waals surface area contributed by atoms with Gasteiger partial charge in [-0.2, -0.15) is 5.26 Å². The van der Waals surface area contributed by atoms with Gasteiger partial charge in [-0.25, -0.2) is 0 Å². The summed E-state index contributed by atoms with van der Waals surface area (Å²) in [5.74, 6) is 0.989. The van der Waals surface area contributed by atoms with Crippen LogP contribution in [-0.4, -0.2) is 24.0 Å². The molecule has 138 valence electrons. The average molecular weight is 333 g/mol. The summed E-state index contributed by atoms with van der Waals surface area (Å²) in [5.41, 5.74) is 0.0180. The summed E-state index contributed by atoms with van der Waals surface area (Å²) in [6, 6.07) is 3.49. The molecule has 1 aliphatic carbocycles. The first-order chi connectivity index (χ1) is 11.7. The quantitative estimate of drug-likeness (QED) is 0.462. The Hall–Kier alpha value is -0.550. The second kappa shape index (κ2) is 10.4. The van der Waals surface area contributed by atoms with Crippen molar-refractivity contribution in [3.8, 4) is 6.07 Å². The number of nitriles is 1. The van der Waals surface area contributed by atoms with Gasteiger partial charge in [0.1, 0.15) is 0 Å². The van der Waals surface area contributed by atoms with E-state index >= 15 is 0 Å². The molecule has 0 aromatic carbocycles. The first-order valence-corrected chi connectivity index (χ1v) is 10.9. The van der Waals surface area contributed by atoms with E-state index in [2.05, 4.69) is 24.8 Å². The summed E-state index contributed by atoms with van der Waals surface area (Å²) in [5, 5.41) is 9.71. The molecular weight excluding hydrogens is 292 g/mol. The lowest BCUT2D eigenvalue weighted by Gasteiger charge is -2.43. The second-order valence-electron chi connectivity index (χ2n) is 8.56. The summed E-state index contributed by atoms with van der Waals surface area (Å²) in [4.78, 5) is 2.77. The predicted octanol–water partition coefficient (Wildman–Crippen LogP) is 6.31. The lowest BCUT2D eigenvalue weighted by molar-refractivity contribution is 0.0755. The fourth-order valence-corrected chi connectivity index (χ4v) is 4.94. The van der Waals surface area contributed by atoms with Crippen LogP contribution in [0.3, 0.4) is 0 Å². The zero-order valence-electron chi connectivity index (χ0n) is 16.4. The van der Waals surface area contributed by atoms with Crippen molar-refractivity contribution in [3.63, 3.8) is 0 Å². The van der Waals surface area contributed by atoms with Crippen molar-refractivity contribution in [2.24, 2.45) is 11.3 Å². The Balaban J connectivity index is 1.70. The van der Waals surface area contributed by atoms with Crippen molar-refractivity contribution in [1.29, 1.82) is 5.26 Å². The van der Waals surface area contributed by atoms with Crippen LogP contribution in [0.4, 0.5) is 0 Å². The molecule has 1 aliphatic heterocycles. The van der Waals surface area contributed by atoms with Crippen LogP contribution in [0.2, 0.25) is 0 Å². The Morgan fingerprint density at radius 2 is 1.54 bits per heavy atom. The molecule has 0 radical (unpaired) electrons. The van der Waals surface area contributed by atoms with Crippen LogP contribution in [0.25, 0.3) is 0 Å². The van der Waals surface area contributed by atoms with Gasteiger partial charge in [0, 0.05) is 6.04 Å². The highest BCUT2D eigenvalue weighted by Gasteiger charge is 2.37. The van der Waals surface area contributed by atoms with E-state index in [9.17, 15) is 5.26 Å². The molecule has 1 saturated heterocycles. The van der Waals surface area contributed by atoms with Gasteiger partial charge in [0.25, 0.3) is 0 Å². The number of hydrogen-bond donors (Lipinski definition) is 0. The Labute approximate surface area is 151 Å². The molecule has 1 saturated carbocycles. The van der Waals surface area contributed by atoms with Gasteiger partial charge in [-0.05, 0) is 64.0 Å². The number of nitrogens with zero attached hydrogens (tertiary/aromatic N) is 2. The van der Waals surface area contributed by atoms with Crippen molar-refractivity contribution in [1.82, 2.24) is 4.90 Å². The largest absolute Gasteiger partial charge is 0.300 e. The van der Waals surface area contributed by atoms with Crippen LogP contribution in [0.1, 0.15) is 104 Å². The smallest absolute Gasteiger partial charge is 0.0689 e. The lowest BCUT2D eigenvalue weighted by atomic mass is 9.70. The Morgan fingerprint density at radius 1 is 0.917 bits per heavy atom. The van der Waals surface area contributed by atoms with E-state index in [1.807, 2.05) is 0 Å². The fraction of sp³-hybridized carbons (Fsp3) is 0.955. The average Bonchev–Trinajstić information content (AvgIpc) is 2.63. The summed E-state index contributed by atoms with van der Waals surface area (Å²) < 4.78 is 0. The summed E-state index contributed by atoms with van der Waals surface area (Å²) >= 11 is 0. The van der Waals surface area contributed by atoms with E-state index in [1.165, 1.54) is 83.7 Å². The number of unbranched alkanes of at least 4 members (excludes halogenated alkanes) is 4. The van der Waals surface area contributed by atoms with E-state index in [1.54, 1.807) is 0 Å². The van der Waals surface area contributed by atoms with Crippen LogP contribution in [0.15, 0.2) is 0 Å². The van der Waals surface area contributed by atoms with Gasteiger partial charge in [-0.1, -0.05) is 58.8 Å². The maximum absolute atomic E-state index is 9.71. The molecule has 2 fully saturated rings. The first-order valence-electron chi connectivity index (χ1n) is 10.9. The van der Waals surface area contributed by atoms with Gasteiger partial charge in [-0.3, -0.25) is 0 Å². The number of rotatable bonds is 9. The molecule has 24 heavy (non-hydrogen) atoms. The van der Waals surface area contributed by atoms with E-state index in [-0.39, 0.29) is 5.41 Å². The molecule has 0 unspecified atom stereocenters. The van der Waals surface area contributed by atoms with Crippen LogP contribution in [-0.2, 0) is 0 Å². The lowest BCUT2D eigenvalue weighted by Crippen LogP contribution is -2.44. The highest BCUT2D eigenvalue weighted by Crippen LogP contribution is 2.42. The third-order valence-electron chi connectivity index (χ3n) is 6.79. The van der Waals surface area contributed by atoms with Gasteiger partial charge < -0.3 is 4.90 Å². The minimum Gasteiger partial charge on any atom is -0.300 e. The predicted molar refractivity (Wildman–Crippen MR) is 103 cm³/mol. The maximum atomic E-state index is 9.71. The van der Waals surface area contributed by atoms with Crippen LogP contribution in [0.5, 0.6) is 0 Å². The van der Waals surface area contributed by atoms with E-state index < -0.39 is 0 Å². The molecule has 2 rings (SSSR count). The van der Waals surface area contributed by atoms with E-state index in [0.717, 1.165) is 31.2 Å². The second-order valence-corrected chi connectivity index (χ2v) is 8.56. The van der Waals surface area contributed by atoms with E-state index in [4.69, 9.17) is 0 Å². The molecular formula is C22H40N2. The van der Waals surface area contributed by atoms with Crippen LogP contribution < -0.4 is 0 Å². The Kier molecular flexibility index (Phi) is 8.60. The minimum absolute atomic E-state index is 0.0180. The zero-order chi connectivity index (χ0) is 17.3. The first kappa shape index (κ1) is 19.8. The molecule has 0 spiro atoms. The number of likely N-dealkylation sites (tertiary alicyclic amines) is 1. The topological polar surface area (TPSA) is 27.0 Å². The Bertz CT molecular complexity index is 368. The normalized spacial score (nSPS) is 29.5.